The van der Waals surface area contributed by atoms with Crippen LogP contribution in [0.3, 0.4) is 0 Å². The molecule has 0 aromatic heterocycles. The molecule has 0 saturated heterocycles. The molecule has 1 rings (SSSR count). The molecule has 98 valence electrons. The molecule has 1 amide bonds. The lowest BCUT2D eigenvalue weighted by atomic mass is 9.72. The van der Waals surface area contributed by atoms with Gasteiger partial charge < -0.3 is 0 Å². The number of alkyl halides is 1. The van der Waals surface area contributed by atoms with Gasteiger partial charge in [0.05, 0.1) is 0 Å². The van der Waals surface area contributed by atoms with E-state index in [2.05, 4.69) is 26.8 Å². The van der Waals surface area contributed by atoms with E-state index in [9.17, 15) is 4.79 Å². The topological polar surface area (TPSA) is 20.3 Å². The summed E-state index contributed by atoms with van der Waals surface area (Å²) in [5.41, 5.74) is 1.59. The van der Waals surface area contributed by atoms with Crippen LogP contribution in [0.15, 0.2) is 11.6 Å². The van der Waals surface area contributed by atoms with E-state index in [1.165, 1.54) is 17.5 Å². The standard InChI is InChI=1S/C13H22ClNOS/c1-9-6-10(8-13(2,3)7-9)11(14)12(16)15(4)17-5/h6,10-11H,7-8H2,1-5H3. The van der Waals surface area contributed by atoms with Gasteiger partial charge in [-0.15, -0.1) is 11.6 Å². The fourth-order valence-electron chi connectivity index (χ4n) is 2.58. The Morgan fingerprint density at radius 1 is 1.65 bits per heavy atom. The summed E-state index contributed by atoms with van der Waals surface area (Å²) in [5.74, 6) is 0.161. The van der Waals surface area contributed by atoms with E-state index < -0.39 is 5.38 Å². The third-order valence-electron chi connectivity index (χ3n) is 3.24. The van der Waals surface area contributed by atoms with Gasteiger partial charge in [0.25, 0.3) is 5.91 Å². The van der Waals surface area contributed by atoms with E-state index in [1.54, 1.807) is 11.4 Å². The normalized spacial score (nSPS) is 25.1. The van der Waals surface area contributed by atoms with Crippen molar-refractivity contribution in [1.82, 2.24) is 4.31 Å². The van der Waals surface area contributed by atoms with Crippen LogP contribution in [0.1, 0.15) is 33.6 Å². The second kappa shape index (κ2) is 5.66. The summed E-state index contributed by atoms with van der Waals surface area (Å²) in [6, 6.07) is 0. The third kappa shape index (κ3) is 3.92. The Morgan fingerprint density at radius 3 is 2.71 bits per heavy atom. The summed E-state index contributed by atoms with van der Waals surface area (Å²) < 4.78 is 1.61. The quantitative estimate of drug-likeness (QED) is 0.445. The number of carbonyl (C=O) groups excluding carboxylic acids is 1. The van der Waals surface area contributed by atoms with E-state index in [-0.39, 0.29) is 17.2 Å². The number of amides is 1. The zero-order valence-electron chi connectivity index (χ0n) is 11.3. The van der Waals surface area contributed by atoms with Gasteiger partial charge in [-0.05, 0) is 25.2 Å². The van der Waals surface area contributed by atoms with Crippen LogP contribution in [0.25, 0.3) is 0 Å². The van der Waals surface area contributed by atoms with E-state index in [0.717, 1.165) is 12.8 Å². The van der Waals surface area contributed by atoms with Crippen LogP contribution >= 0.6 is 23.5 Å². The van der Waals surface area contributed by atoms with Gasteiger partial charge in [-0.25, -0.2) is 0 Å². The number of rotatable bonds is 3. The molecule has 4 heteroatoms. The predicted octanol–water partition coefficient (Wildman–Crippen LogP) is 3.71. The zero-order valence-corrected chi connectivity index (χ0v) is 12.9. The molecule has 0 N–H and O–H groups in total. The largest absolute Gasteiger partial charge is 0.288 e. The molecule has 2 atom stereocenters. The van der Waals surface area contributed by atoms with Crippen LogP contribution in [-0.2, 0) is 4.79 Å². The number of hydrogen-bond donors (Lipinski definition) is 0. The van der Waals surface area contributed by atoms with Crippen LogP contribution in [-0.4, -0.2) is 28.9 Å². The maximum atomic E-state index is 12.0. The molecule has 0 aliphatic heterocycles. The molecule has 1 aliphatic rings. The zero-order chi connectivity index (χ0) is 13.2. The van der Waals surface area contributed by atoms with E-state index in [4.69, 9.17) is 11.6 Å². The highest BCUT2D eigenvalue weighted by molar-refractivity contribution is 7.96. The molecule has 0 fully saturated rings. The number of halogens is 1. The van der Waals surface area contributed by atoms with Crippen molar-refractivity contribution in [2.75, 3.05) is 13.3 Å². The Hall–Kier alpha value is -0.150. The highest BCUT2D eigenvalue weighted by atomic mass is 35.5. The number of carbonyl (C=O) groups is 1. The number of hydrogen-bond acceptors (Lipinski definition) is 2. The highest BCUT2D eigenvalue weighted by Gasteiger charge is 2.35. The molecule has 0 bridgehead atoms. The first-order valence-corrected chi connectivity index (χ1v) is 7.51. The molecule has 2 nitrogen and oxygen atoms in total. The van der Waals surface area contributed by atoms with Crippen LogP contribution in [0.4, 0.5) is 0 Å². The molecule has 0 saturated carbocycles. The van der Waals surface area contributed by atoms with Crippen molar-refractivity contribution in [3.63, 3.8) is 0 Å². The van der Waals surface area contributed by atoms with Gasteiger partial charge in [0.2, 0.25) is 0 Å². The van der Waals surface area contributed by atoms with Crippen molar-refractivity contribution in [2.24, 2.45) is 11.3 Å². The van der Waals surface area contributed by atoms with Gasteiger partial charge >= 0.3 is 0 Å². The lowest BCUT2D eigenvalue weighted by Crippen LogP contribution is -2.36. The minimum atomic E-state index is -0.443. The maximum Gasteiger partial charge on any atom is 0.250 e. The first kappa shape index (κ1) is 14.9. The third-order valence-corrected chi connectivity index (χ3v) is 4.48. The molecular weight excluding hydrogens is 254 g/mol. The SMILES string of the molecule is CSN(C)C(=O)C(Cl)C1C=C(C)CC(C)(C)C1. The lowest BCUT2D eigenvalue weighted by Gasteiger charge is -2.36. The van der Waals surface area contributed by atoms with E-state index in [1.807, 2.05) is 6.26 Å². The molecule has 0 aromatic carbocycles. The summed E-state index contributed by atoms with van der Waals surface area (Å²) in [6.07, 6.45) is 6.13. The number of nitrogens with zero attached hydrogens (tertiary/aromatic N) is 1. The summed E-state index contributed by atoms with van der Waals surface area (Å²) in [6.45, 7) is 6.60. The molecule has 0 spiro atoms. The Bertz CT molecular complexity index is 327. The summed E-state index contributed by atoms with van der Waals surface area (Å²) in [7, 11) is 1.77. The minimum absolute atomic E-state index is 0.00548. The minimum Gasteiger partial charge on any atom is -0.288 e. The van der Waals surface area contributed by atoms with Crippen LogP contribution < -0.4 is 0 Å². The molecule has 1 aliphatic carbocycles. The van der Waals surface area contributed by atoms with Crippen LogP contribution in [0.2, 0.25) is 0 Å². The van der Waals surface area contributed by atoms with Gasteiger partial charge in [0.15, 0.2) is 0 Å². The molecule has 0 radical (unpaired) electrons. The van der Waals surface area contributed by atoms with Crippen molar-refractivity contribution in [3.8, 4) is 0 Å². The van der Waals surface area contributed by atoms with E-state index in [0.29, 0.717) is 0 Å². The fraction of sp³-hybridized carbons (Fsp3) is 0.769. The molecule has 17 heavy (non-hydrogen) atoms. The van der Waals surface area contributed by atoms with Gasteiger partial charge in [-0.3, -0.25) is 9.10 Å². The van der Waals surface area contributed by atoms with Crippen molar-refractivity contribution >= 4 is 29.5 Å². The van der Waals surface area contributed by atoms with E-state index >= 15 is 0 Å². The second-order valence-electron chi connectivity index (χ2n) is 5.64. The summed E-state index contributed by atoms with van der Waals surface area (Å²) in [5, 5.41) is -0.443. The molecule has 2 unspecified atom stereocenters. The fourth-order valence-corrected chi connectivity index (χ4v) is 3.24. The van der Waals surface area contributed by atoms with Crippen LogP contribution in [0, 0.1) is 11.3 Å². The van der Waals surface area contributed by atoms with Gasteiger partial charge in [-0.2, -0.15) is 0 Å². The Labute approximate surface area is 114 Å². The highest BCUT2D eigenvalue weighted by Crippen LogP contribution is 2.40. The van der Waals surface area contributed by atoms with Gasteiger partial charge in [0.1, 0.15) is 5.38 Å². The van der Waals surface area contributed by atoms with Crippen LogP contribution in [0.5, 0.6) is 0 Å². The smallest absolute Gasteiger partial charge is 0.250 e. The maximum absolute atomic E-state index is 12.0. The first-order chi connectivity index (χ1) is 7.76. The van der Waals surface area contributed by atoms with Crippen molar-refractivity contribution in [3.05, 3.63) is 11.6 Å². The first-order valence-electron chi connectivity index (χ1n) is 5.90. The van der Waals surface area contributed by atoms with Gasteiger partial charge in [0, 0.05) is 19.2 Å². The number of allylic oxidation sites excluding steroid dienone is 2. The molecular formula is C13H22ClNOS. The Morgan fingerprint density at radius 2 is 2.24 bits per heavy atom. The van der Waals surface area contributed by atoms with Crippen molar-refractivity contribution < 1.29 is 4.79 Å². The lowest BCUT2D eigenvalue weighted by molar-refractivity contribution is -0.125. The monoisotopic (exact) mass is 275 g/mol. The summed E-state index contributed by atoms with van der Waals surface area (Å²) in [4.78, 5) is 12.0. The van der Waals surface area contributed by atoms with Gasteiger partial charge in [-0.1, -0.05) is 37.4 Å². The second-order valence-corrected chi connectivity index (χ2v) is 7.03. The Balaban J connectivity index is 2.79. The molecule has 0 heterocycles. The van der Waals surface area contributed by atoms with Crippen molar-refractivity contribution in [2.45, 2.75) is 39.0 Å². The average molecular weight is 276 g/mol. The predicted molar refractivity (Wildman–Crippen MR) is 76.2 cm³/mol. The average Bonchev–Trinajstić information content (AvgIpc) is 2.23. The van der Waals surface area contributed by atoms with Crippen molar-refractivity contribution in [1.29, 1.82) is 0 Å². The molecule has 0 aromatic rings. The summed E-state index contributed by atoms with van der Waals surface area (Å²) >= 11 is 7.73. The Kier molecular flexibility index (Phi) is 4.96.